The van der Waals surface area contributed by atoms with Crippen LogP contribution < -0.4 is 5.32 Å². The molecule has 1 N–H and O–H groups in total. The minimum absolute atomic E-state index is 0.127. The largest absolute Gasteiger partial charge is 0.326 e. The monoisotopic (exact) mass is 444 g/mol. The van der Waals surface area contributed by atoms with Crippen molar-refractivity contribution in [1.82, 2.24) is 14.3 Å². The third-order valence-electron chi connectivity index (χ3n) is 5.43. The maximum Gasteiger partial charge on any atom is 0.230 e. The molecule has 5 rings (SSSR count). The average molecular weight is 445 g/mol. The molecular formula is C24H20N4O3S. The van der Waals surface area contributed by atoms with Crippen LogP contribution in [-0.4, -0.2) is 32.0 Å². The van der Waals surface area contributed by atoms with Gasteiger partial charge in [0, 0.05) is 41.4 Å². The molecule has 0 spiro atoms. The lowest BCUT2D eigenvalue weighted by atomic mass is 10.2. The molecule has 160 valence electrons. The van der Waals surface area contributed by atoms with Crippen LogP contribution in [0.5, 0.6) is 0 Å². The first-order valence-electron chi connectivity index (χ1n) is 10.3. The van der Waals surface area contributed by atoms with Crippen molar-refractivity contribution in [2.24, 2.45) is 0 Å². The van der Waals surface area contributed by atoms with Gasteiger partial charge in [-0.3, -0.25) is 23.7 Å². The van der Waals surface area contributed by atoms with Gasteiger partial charge in [-0.15, -0.1) is 11.3 Å². The molecule has 2 aromatic heterocycles. The van der Waals surface area contributed by atoms with Crippen molar-refractivity contribution >= 4 is 39.7 Å². The van der Waals surface area contributed by atoms with E-state index >= 15 is 0 Å². The molecule has 32 heavy (non-hydrogen) atoms. The molecule has 0 saturated carbocycles. The number of imidazole rings is 1. The van der Waals surface area contributed by atoms with Crippen LogP contribution in [0.2, 0.25) is 0 Å². The summed E-state index contributed by atoms with van der Waals surface area (Å²) in [7, 11) is 0. The van der Waals surface area contributed by atoms with Crippen LogP contribution >= 0.6 is 11.3 Å². The van der Waals surface area contributed by atoms with Crippen LogP contribution in [0.4, 0.5) is 5.69 Å². The number of likely N-dealkylation sites (tertiary alicyclic amines) is 1. The summed E-state index contributed by atoms with van der Waals surface area (Å²) in [5.41, 5.74) is 4.30. The summed E-state index contributed by atoms with van der Waals surface area (Å²) in [4.78, 5) is 42.9. The minimum atomic E-state index is -0.135. The number of hydrogen-bond donors (Lipinski definition) is 1. The number of amides is 3. The van der Waals surface area contributed by atoms with Gasteiger partial charge in [0.25, 0.3) is 0 Å². The van der Waals surface area contributed by atoms with Gasteiger partial charge >= 0.3 is 0 Å². The summed E-state index contributed by atoms with van der Waals surface area (Å²) < 4.78 is 1.96. The quantitative estimate of drug-likeness (QED) is 0.457. The van der Waals surface area contributed by atoms with E-state index in [1.165, 1.54) is 16.2 Å². The van der Waals surface area contributed by atoms with E-state index in [4.69, 9.17) is 0 Å². The number of nitrogens with zero attached hydrogens (tertiary/aromatic N) is 3. The second kappa shape index (κ2) is 8.39. The van der Waals surface area contributed by atoms with E-state index in [2.05, 4.69) is 10.3 Å². The van der Waals surface area contributed by atoms with E-state index in [9.17, 15) is 14.4 Å². The maximum atomic E-state index is 12.6. The fourth-order valence-electron chi connectivity index (χ4n) is 3.75. The Labute approximate surface area is 188 Å². The first kappa shape index (κ1) is 20.1. The van der Waals surface area contributed by atoms with Crippen LogP contribution in [0.15, 0.2) is 66.2 Å². The zero-order valence-corrected chi connectivity index (χ0v) is 18.0. The molecule has 0 radical (unpaired) electrons. The number of fused-ring (bicyclic) bond motifs is 1. The summed E-state index contributed by atoms with van der Waals surface area (Å²) in [5, 5.41) is 4.85. The van der Waals surface area contributed by atoms with Gasteiger partial charge in [-0.2, -0.15) is 0 Å². The van der Waals surface area contributed by atoms with Crippen molar-refractivity contribution in [3.63, 3.8) is 0 Å². The van der Waals surface area contributed by atoms with Gasteiger partial charge in [-0.05, 0) is 17.7 Å². The number of carbonyl (C=O) groups excluding carboxylic acids is 3. The highest BCUT2D eigenvalue weighted by Crippen LogP contribution is 2.24. The Morgan fingerprint density at radius 1 is 1.00 bits per heavy atom. The number of thiazole rings is 1. The molecule has 1 saturated heterocycles. The lowest BCUT2D eigenvalue weighted by Gasteiger charge is -2.14. The summed E-state index contributed by atoms with van der Waals surface area (Å²) in [6, 6.07) is 17.1. The van der Waals surface area contributed by atoms with Gasteiger partial charge in [-0.25, -0.2) is 4.98 Å². The van der Waals surface area contributed by atoms with Crippen LogP contribution in [0, 0.1) is 0 Å². The first-order valence-corrected chi connectivity index (χ1v) is 11.2. The molecule has 3 amide bonds. The standard InChI is InChI=1S/C24H20N4O3S/c29-21(25-18-8-6-16(7-9-18)13-28-22(30)10-11-23(28)31)12-19-15-32-24-26-20(14-27(19)24)17-4-2-1-3-5-17/h1-9,14-15H,10-13H2,(H,25,29). The molecule has 1 aliphatic heterocycles. The number of nitrogens with one attached hydrogen (secondary N) is 1. The van der Waals surface area contributed by atoms with Gasteiger partial charge in [0.2, 0.25) is 17.7 Å². The molecule has 7 nitrogen and oxygen atoms in total. The molecule has 3 heterocycles. The molecule has 2 aromatic carbocycles. The van der Waals surface area contributed by atoms with E-state index in [1.54, 1.807) is 12.1 Å². The summed E-state index contributed by atoms with van der Waals surface area (Å²) in [5.74, 6) is -0.397. The van der Waals surface area contributed by atoms with Crippen molar-refractivity contribution in [3.05, 3.63) is 77.4 Å². The Morgan fingerprint density at radius 2 is 1.72 bits per heavy atom. The van der Waals surface area contributed by atoms with Crippen LogP contribution in [0.25, 0.3) is 16.2 Å². The second-order valence-corrected chi connectivity index (χ2v) is 8.50. The number of benzene rings is 2. The van der Waals surface area contributed by atoms with E-state index in [0.717, 1.165) is 27.5 Å². The molecule has 4 aromatic rings. The van der Waals surface area contributed by atoms with Crippen molar-refractivity contribution in [2.45, 2.75) is 25.8 Å². The van der Waals surface area contributed by atoms with Crippen molar-refractivity contribution in [1.29, 1.82) is 0 Å². The number of hydrogen-bond acceptors (Lipinski definition) is 5. The predicted molar refractivity (Wildman–Crippen MR) is 122 cm³/mol. The van der Waals surface area contributed by atoms with Gasteiger partial charge in [-0.1, -0.05) is 42.5 Å². The normalized spacial score (nSPS) is 13.8. The molecule has 0 bridgehead atoms. The minimum Gasteiger partial charge on any atom is -0.326 e. The molecule has 0 atom stereocenters. The zero-order chi connectivity index (χ0) is 22.1. The number of aromatic nitrogens is 2. The van der Waals surface area contributed by atoms with Gasteiger partial charge < -0.3 is 5.32 Å². The number of anilines is 1. The fourth-order valence-corrected chi connectivity index (χ4v) is 4.62. The van der Waals surface area contributed by atoms with Gasteiger partial charge in [0.1, 0.15) is 0 Å². The number of imide groups is 1. The molecule has 0 unspecified atom stereocenters. The van der Waals surface area contributed by atoms with Crippen LogP contribution in [-0.2, 0) is 27.3 Å². The zero-order valence-electron chi connectivity index (χ0n) is 17.2. The highest BCUT2D eigenvalue weighted by Gasteiger charge is 2.28. The van der Waals surface area contributed by atoms with Crippen molar-refractivity contribution in [3.8, 4) is 11.3 Å². The average Bonchev–Trinajstić information content (AvgIpc) is 3.47. The second-order valence-electron chi connectivity index (χ2n) is 7.67. The summed E-state index contributed by atoms with van der Waals surface area (Å²) in [6.07, 6.45) is 2.75. The first-order chi connectivity index (χ1) is 15.6. The van der Waals surface area contributed by atoms with E-state index in [0.29, 0.717) is 5.69 Å². The molecule has 8 heteroatoms. The number of carbonyl (C=O) groups is 3. The topological polar surface area (TPSA) is 83.8 Å². The molecule has 1 fully saturated rings. The van der Waals surface area contributed by atoms with Gasteiger partial charge in [0.15, 0.2) is 4.96 Å². The lowest BCUT2D eigenvalue weighted by molar-refractivity contribution is -0.139. The third-order valence-corrected chi connectivity index (χ3v) is 6.32. The van der Waals surface area contributed by atoms with E-state index in [1.807, 2.05) is 58.4 Å². The smallest absolute Gasteiger partial charge is 0.230 e. The Bertz CT molecular complexity index is 1290. The van der Waals surface area contributed by atoms with Crippen LogP contribution in [0.3, 0.4) is 0 Å². The summed E-state index contributed by atoms with van der Waals surface area (Å²) in [6.45, 7) is 0.267. The summed E-state index contributed by atoms with van der Waals surface area (Å²) >= 11 is 1.51. The Balaban J connectivity index is 1.24. The van der Waals surface area contributed by atoms with Crippen LogP contribution in [0.1, 0.15) is 24.1 Å². The third kappa shape index (κ3) is 4.04. The highest BCUT2D eigenvalue weighted by atomic mass is 32.1. The highest BCUT2D eigenvalue weighted by molar-refractivity contribution is 7.15. The van der Waals surface area contributed by atoms with E-state index in [-0.39, 0.29) is 43.5 Å². The molecular weight excluding hydrogens is 424 g/mol. The Kier molecular flexibility index (Phi) is 5.28. The van der Waals surface area contributed by atoms with Crippen molar-refractivity contribution in [2.75, 3.05) is 5.32 Å². The van der Waals surface area contributed by atoms with Crippen molar-refractivity contribution < 1.29 is 14.4 Å². The SMILES string of the molecule is O=C(Cc1csc2nc(-c3ccccc3)cn12)Nc1ccc(CN2C(=O)CCC2=O)cc1. The predicted octanol–water partition coefficient (Wildman–Crippen LogP) is 3.89. The fraction of sp³-hybridized carbons (Fsp3) is 0.167. The maximum absolute atomic E-state index is 12.6. The van der Waals surface area contributed by atoms with E-state index < -0.39 is 0 Å². The Hall–Kier alpha value is -3.78. The number of rotatable bonds is 6. The Morgan fingerprint density at radius 3 is 2.44 bits per heavy atom. The van der Waals surface area contributed by atoms with Gasteiger partial charge in [0.05, 0.1) is 18.7 Å². The molecule has 0 aliphatic carbocycles. The molecule has 1 aliphatic rings. The lowest BCUT2D eigenvalue weighted by Crippen LogP contribution is -2.28.